The Morgan fingerprint density at radius 2 is 1.72 bits per heavy atom. The first-order valence-electron chi connectivity index (χ1n) is 10.3. The lowest BCUT2D eigenvalue weighted by molar-refractivity contribution is 0.102. The number of sulfonamides is 1. The zero-order chi connectivity index (χ0) is 22.9. The second kappa shape index (κ2) is 8.97. The standard InChI is InChI=1S/C22H25N5O3S2/c1-15-6-4-8-18(14-15)20(28)23-21-24-25-22(31-21)32(29,30)27-12-10-26(11-13-27)19-9-5-7-16(2)17(19)3/h4-9,14H,10-13H2,1-3H3,(H,23,24,28). The number of piperazine rings is 1. The Hall–Kier alpha value is -2.82. The van der Waals surface area contributed by atoms with E-state index in [1.54, 1.807) is 18.2 Å². The third-order valence-electron chi connectivity index (χ3n) is 5.62. The normalized spacial score (nSPS) is 15.0. The molecule has 1 aromatic heterocycles. The molecule has 0 unspecified atom stereocenters. The minimum Gasteiger partial charge on any atom is -0.369 e. The van der Waals surface area contributed by atoms with Crippen molar-refractivity contribution in [3.8, 4) is 0 Å². The maximum atomic E-state index is 13.1. The van der Waals surface area contributed by atoms with Crippen LogP contribution in [0, 0.1) is 20.8 Å². The van der Waals surface area contributed by atoms with Gasteiger partial charge in [0.05, 0.1) is 0 Å². The fourth-order valence-corrected chi connectivity index (χ4v) is 6.13. The SMILES string of the molecule is Cc1cccc(C(=O)Nc2nnc(S(=O)(=O)N3CCN(c4cccc(C)c4C)CC3)s2)c1. The van der Waals surface area contributed by atoms with Crippen LogP contribution in [0.2, 0.25) is 0 Å². The molecule has 2 heterocycles. The molecule has 10 heteroatoms. The molecule has 1 fully saturated rings. The van der Waals surface area contributed by atoms with Gasteiger partial charge in [-0.1, -0.05) is 41.2 Å². The molecule has 1 aliphatic rings. The van der Waals surface area contributed by atoms with Crippen molar-refractivity contribution < 1.29 is 13.2 Å². The third kappa shape index (κ3) is 4.52. The first-order chi connectivity index (χ1) is 15.3. The molecule has 1 saturated heterocycles. The average Bonchev–Trinajstić information content (AvgIpc) is 3.25. The summed E-state index contributed by atoms with van der Waals surface area (Å²) >= 11 is 0.865. The minimum atomic E-state index is -3.77. The molecule has 0 atom stereocenters. The number of hydrogen-bond acceptors (Lipinski definition) is 7. The molecule has 0 bridgehead atoms. The number of carbonyl (C=O) groups is 1. The first kappa shape index (κ1) is 22.4. The zero-order valence-electron chi connectivity index (χ0n) is 18.2. The average molecular weight is 472 g/mol. The Balaban J connectivity index is 1.43. The summed E-state index contributed by atoms with van der Waals surface area (Å²) in [6.45, 7) is 7.97. The van der Waals surface area contributed by atoms with Crippen LogP contribution in [-0.4, -0.2) is 55.0 Å². The summed E-state index contributed by atoms with van der Waals surface area (Å²) in [4.78, 5) is 14.6. The van der Waals surface area contributed by atoms with Crippen LogP contribution in [0.5, 0.6) is 0 Å². The van der Waals surface area contributed by atoms with Crippen molar-refractivity contribution in [1.29, 1.82) is 0 Å². The molecule has 168 valence electrons. The number of nitrogens with zero attached hydrogens (tertiary/aromatic N) is 4. The van der Waals surface area contributed by atoms with Crippen molar-refractivity contribution >= 4 is 38.1 Å². The van der Waals surface area contributed by atoms with E-state index in [1.165, 1.54) is 15.4 Å². The van der Waals surface area contributed by atoms with Gasteiger partial charge >= 0.3 is 0 Å². The Bertz CT molecular complexity index is 1250. The van der Waals surface area contributed by atoms with Gasteiger partial charge in [-0.15, -0.1) is 10.2 Å². The maximum Gasteiger partial charge on any atom is 0.272 e. The molecule has 8 nitrogen and oxygen atoms in total. The lowest BCUT2D eigenvalue weighted by Crippen LogP contribution is -2.48. The first-order valence-corrected chi connectivity index (χ1v) is 12.5. The van der Waals surface area contributed by atoms with E-state index in [4.69, 9.17) is 0 Å². The fourth-order valence-electron chi connectivity index (χ4n) is 3.68. The van der Waals surface area contributed by atoms with Crippen LogP contribution in [0.15, 0.2) is 46.8 Å². The number of amides is 1. The molecule has 32 heavy (non-hydrogen) atoms. The topological polar surface area (TPSA) is 95.5 Å². The fraction of sp³-hybridized carbons (Fsp3) is 0.318. The number of anilines is 2. The molecular weight excluding hydrogens is 446 g/mol. The minimum absolute atomic E-state index is 0.114. The van der Waals surface area contributed by atoms with Crippen molar-refractivity contribution in [3.05, 3.63) is 64.7 Å². The molecule has 1 aliphatic heterocycles. The quantitative estimate of drug-likeness (QED) is 0.574. The Labute approximate surface area is 191 Å². The van der Waals surface area contributed by atoms with E-state index < -0.39 is 10.0 Å². The summed E-state index contributed by atoms with van der Waals surface area (Å²) in [5.74, 6) is -0.351. The number of carbonyl (C=O) groups excluding carboxylic acids is 1. The van der Waals surface area contributed by atoms with E-state index in [-0.39, 0.29) is 15.4 Å². The van der Waals surface area contributed by atoms with Crippen LogP contribution < -0.4 is 10.2 Å². The van der Waals surface area contributed by atoms with E-state index in [1.807, 2.05) is 19.1 Å². The monoisotopic (exact) mass is 471 g/mol. The molecule has 0 spiro atoms. The number of aromatic nitrogens is 2. The Kier molecular flexibility index (Phi) is 6.27. The molecule has 2 aromatic carbocycles. The van der Waals surface area contributed by atoms with Crippen molar-refractivity contribution in [2.24, 2.45) is 0 Å². The maximum absolute atomic E-state index is 13.1. The summed E-state index contributed by atoms with van der Waals surface area (Å²) in [6.07, 6.45) is 0. The van der Waals surface area contributed by atoms with Crippen molar-refractivity contribution in [3.63, 3.8) is 0 Å². The highest BCUT2D eigenvalue weighted by Gasteiger charge is 2.32. The summed E-state index contributed by atoms with van der Waals surface area (Å²) < 4.78 is 27.5. The van der Waals surface area contributed by atoms with Crippen LogP contribution in [0.4, 0.5) is 10.8 Å². The molecular formula is C22H25N5O3S2. The van der Waals surface area contributed by atoms with Gasteiger partial charge in [-0.2, -0.15) is 4.31 Å². The van der Waals surface area contributed by atoms with Crippen molar-refractivity contribution in [2.75, 3.05) is 36.4 Å². The predicted octanol–water partition coefficient (Wildman–Crippen LogP) is 3.23. The number of rotatable bonds is 5. The highest BCUT2D eigenvalue weighted by molar-refractivity contribution is 7.91. The number of hydrogen-bond donors (Lipinski definition) is 1. The Morgan fingerprint density at radius 3 is 2.44 bits per heavy atom. The van der Waals surface area contributed by atoms with Gasteiger partial charge in [0.15, 0.2) is 0 Å². The molecule has 1 amide bonds. The molecule has 4 rings (SSSR count). The second-order valence-electron chi connectivity index (χ2n) is 7.81. The van der Waals surface area contributed by atoms with Gasteiger partial charge in [0, 0.05) is 37.4 Å². The van der Waals surface area contributed by atoms with Gasteiger partial charge < -0.3 is 4.90 Å². The van der Waals surface area contributed by atoms with Gasteiger partial charge in [0.1, 0.15) is 0 Å². The van der Waals surface area contributed by atoms with E-state index in [2.05, 4.69) is 46.4 Å². The summed E-state index contributed by atoms with van der Waals surface area (Å²) in [6, 6.07) is 13.3. The third-order valence-corrected chi connectivity index (χ3v) is 8.71. The molecule has 0 aliphatic carbocycles. The smallest absolute Gasteiger partial charge is 0.272 e. The van der Waals surface area contributed by atoms with Crippen molar-refractivity contribution in [2.45, 2.75) is 25.1 Å². The lowest BCUT2D eigenvalue weighted by atomic mass is 10.1. The largest absolute Gasteiger partial charge is 0.369 e. The van der Waals surface area contributed by atoms with E-state index >= 15 is 0 Å². The number of aryl methyl sites for hydroxylation is 2. The van der Waals surface area contributed by atoms with E-state index in [0.717, 1.165) is 22.6 Å². The summed E-state index contributed by atoms with van der Waals surface area (Å²) in [7, 11) is -3.77. The van der Waals surface area contributed by atoms with E-state index in [0.29, 0.717) is 31.7 Å². The highest BCUT2D eigenvalue weighted by Crippen LogP contribution is 2.27. The predicted molar refractivity (Wildman–Crippen MR) is 126 cm³/mol. The summed E-state index contributed by atoms with van der Waals surface area (Å²) in [5, 5.41) is 10.5. The van der Waals surface area contributed by atoms with Gasteiger partial charge in [-0.3, -0.25) is 10.1 Å². The van der Waals surface area contributed by atoms with Gasteiger partial charge in [0.2, 0.25) is 9.47 Å². The van der Waals surface area contributed by atoms with E-state index in [9.17, 15) is 13.2 Å². The molecule has 0 saturated carbocycles. The second-order valence-corrected chi connectivity index (χ2v) is 10.9. The van der Waals surface area contributed by atoms with Crippen LogP contribution in [0.3, 0.4) is 0 Å². The van der Waals surface area contributed by atoms with Gasteiger partial charge in [-0.05, 0) is 50.1 Å². The van der Waals surface area contributed by atoms with Crippen LogP contribution in [0.1, 0.15) is 27.0 Å². The van der Waals surface area contributed by atoms with Crippen molar-refractivity contribution in [1.82, 2.24) is 14.5 Å². The van der Waals surface area contributed by atoms with Crippen LogP contribution >= 0.6 is 11.3 Å². The van der Waals surface area contributed by atoms with Gasteiger partial charge in [-0.25, -0.2) is 8.42 Å². The lowest BCUT2D eigenvalue weighted by Gasteiger charge is -2.35. The number of benzene rings is 2. The molecule has 0 radical (unpaired) electrons. The molecule has 1 N–H and O–H groups in total. The zero-order valence-corrected chi connectivity index (χ0v) is 19.8. The Morgan fingerprint density at radius 1 is 1.00 bits per heavy atom. The van der Waals surface area contributed by atoms with Crippen LogP contribution in [0.25, 0.3) is 0 Å². The van der Waals surface area contributed by atoms with Crippen LogP contribution in [-0.2, 0) is 10.0 Å². The highest BCUT2D eigenvalue weighted by atomic mass is 32.2. The molecule has 3 aromatic rings. The van der Waals surface area contributed by atoms with Gasteiger partial charge in [0.25, 0.3) is 15.9 Å². The summed E-state index contributed by atoms with van der Waals surface area (Å²) in [5.41, 5.74) is 5.00. The number of nitrogens with one attached hydrogen (secondary N) is 1.